The smallest absolute Gasteiger partial charge is 0.248 e. The molecule has 4 heterocycles. The Morgan fingerprint density at radius 1 is 0.739 bits per heavy atom. The van der Waals surface area contributed by atoms with E-state index in [4.69, 9.17) is 24.4 Å². The van der Waals surface area contributed by atoms with Crippen LogP contribution < -0.4 is 0 Å². The van der Waals surface area contributed by atoms with Gasteiger partial charge in [0.1, 0.15) is 0 Å². The number of aryl methyl sites for hydroxylation is 2. The van der Waals surface area contributed by atoms with Crippen LogP contribution in [0.5, 0.6) is 0 Å². The highest BCUT2D eigenvalue weighted by atomic mass is 32.1. The van der Waals surface area contributed by atoms with Crippen LogP contribution >= 0.6 is 24.4 Å². The molecule has 0 saturated carbocycles. The molecule has 0 spiro atoms. The van der Waals surface area contributed by atoms with E-state index in [1.165, 1.54) is 9.03 Å². The first kappa shape index (κ1) is 13.9. The predicted octanol–water partition coefficient (Wildman–Crippen LogP) is -0.358. The lowest BCUT2D eigenvalue weighted by Crippen LogP contribution is -2.08. The van der Waals surface area contributed by atoms with Crippen molar-refractivity contribution in [1.82, 2.24) is 60.0 Å². The predicted molar refractivity (Wildman–Crippen MR) is 79.5 cm³/mol. The van der Waals surface area contributed by atoms with Gasteiger partial charge in [-0.1, -0.05) is 0 Å². The molecule has 4 aromatic rings. The maximum absolute atomic E-state index is 5.05. The van der Waals surface area contributed by atoms with Crippen LogP contribution in [0.3, 0.4) is 0 Å². The van der Waals surface area contributed by atoms with Crippen molar-refractivity contribution in [3.63, 3.8) is 0 Å². The summed E-state index contributed by atoms with van der Waals surface area (Å²) in [5, 5.41) is 37.4. The van der Waals surface area contributed by atoms with E-state index in [-0.39, 0.29) is 0 Å². The Morgan fingerprint density at radius 2 is 1.22 bits per heavy atom. The minimum atomic E-state index is 0.339. The molecule has 0 aliphatic heterocycles. The number of fused-ring (bicyclic) bond motifs is 2. The van der Waals surface area contributed by atoms with Gasteiger partial charge in [-0.05, 0) is 30.9 Å². The molecule has 0 aliphatic rings. The second kappa shape index (κ2) is 5.47. The van der Waals surface area contributed by atoms with Gasteiger partial charge in [0, 0.05) is 12.8 Å². The van der Waals surface area contributed by atoms with Crippen molar-refractivity contribution >= 4 is 36.0 Å². The monoisotopic (exact) mass is 348 g/mol. The van der Waals surface area contributed by atoms with Crippen LogP contribution in [0.15, 0.2) is 0 Å². The van der Waals surface area contributed by atoms with E-state index in [0.717, 1.165) is 6.42 Å². The molecule has 116 valence electrons. The summed E-state index contributed by atoms with van der Waals surface area (Å²) in [5.41, 5.74) is 0. The van der Waals surface area contributed by atoms with Crippen molar-refractivity contribution in [2.75, 3.05) is 0 Å². The molecule has 0 aliphatic carbocycles. The van der Waals surface area contributed by atoms with E-state index in [0.29, 0.717) is 45.6 Å². The molecular formula is C9H8N12S2. The molecule has 0 fully saturated rings. The summed E-state index contributed by atoms with van der Waals surface area (Å²) in [5.74, 6) is 1.80. The summed E-state index contributed by atoms with van der Waals surface area (Å²) in [6.45, 7) is 0. The van der Waals surface area contributed by atoms with E-state index in [1.807, 2.05) is 0 Å². The lowest BCUT2D eigenvalue weighted by atomic mass is 10.2. The van der Waals surface area contributed by atoms with Gasteiger partial charge in [-0.3, -0.25) is 0 Å². The highest BCUT2D eigenvalue weighted by molar-refractivity contribution is 7.71. The molecule has 0 radical (unpaired) electrons. The molecule has 0 bridgehead atoms. The van der Waals surface area contributed by atoms with Gasteiger partial charge in [0.2, 0.25) is 9.54 Å². The standard InChI is InChI=1S/C9H8N12S2/c22-8-16-14-6-12-10-4(18-20(6)8)2-1-3-5-11-13-7-15-17-9(23)21(7)19-5/h1-3H2,(H,16,22)(H,17,23). The summed E-state index contributed by atoms with van der Waals surface area (Å²) in [4.78, 5) is 0. The molecule has 0 unspecified atom stereocenters. The van der Waals surface area contributed by atoms with Gasteiger partial charge in [0.25, 0.3) is 11.6 Å². The Balaban J connectivity index is 1.49. The Kier molecular flexibility index (Phi) is 3.30. The third kappa shape index (κ3) is 2.57. The third-order valence-corrected chi connectivity index (χ3v) is 3.54. The molecule has 2 N–H and O–H groups in total. The molecule has 4 aromatic heterocycles. The van der Waals surface area contributed by atoms with Crippen LogP contribution in [0.1, 0.15) is 18.1 Å². The van der Waals surface area contributed by atoms with Crippen molar-refractivity contribution in [3.05, 3.63) is 21.2 Å². The number of aromatic nitrogens is 12. The number of nitrogens with one attached hydrogen (secondary N) is 2. The van der Waals surface area contributed by atoms with Gasteiger partial charge in [-0.25, -0.2) is 10.2 Å². The van der Waals surface area contributed by atoms with Crippen LogP contribution in [0.2, 0.25) is 0 Å². The fourth-order valence-electron chi connectivity index (χ4n) is 1.96. The van der Waals surface area contributed by atoms with Crippen molar-refractivity contribution in [2.24, 2.45) is 0 Å². The topological polar surface area (TPSA) is 144 Å². The average molecular weight is 348 g/mol. The SMILES string of the molecule is S=c1[nH]nc2nnc(CCCc3nnc4n[nH]c(=S)n4n3)nn12. The summed E-state index contributed by atoms with van der Waals surface area (Å²) < 4.78 is 3.63. The van der Waals surface area contributed by atoms with Crippen molar-refractivity contribution in [2.45, 2.75) is 19.3 Å². The zero-order chi connectivity index (χ0) is 15.8. The molecule has 4 rings (SSSR count). The Labute approximate surface area is 137 Å². The van der Waals surface area contributed by atoms with Gasteiger partial charge in [0.15, 0.2) is 11.6 Å². The van der Waals surface area contributed by atoms with Gasteiger partial charge in [-0.15, -0.1) is 40.8 Å². The summed E-state index contributed by atoms with van der Waals surface area (Å²) in [6, 6.07) is 0. The number of H-pyrrole nitrogens is 2. The lowest BCUT2D eigenvalue weighted by molar-refractivity contribution is 0.654. The fraction of sp³-hybridized carbons (Fsp3) is 0.333. The van der Waals surface area contributed by atoms with E-state index in [2.05, 4.69) is 51.0 Å². The average Bonchev–Trinajstić information content (AvgIpc) is 3.11. The van der Waals surface area contributed by atoms with Gasteiger partial charge < -0.3 is 0 Å². The quantitative estimate of drug-likeness (QED) is 0.469. The van der Waals surface area contributed by atoms with Gasteiger partial charge >= 0.3 is 0 Å². The van der Waals surface area contributed by atoms with Crippen LogP contribution in [0.4, 0.5) is 0 Å². The molecule has 0 atom stereocenters. The summed E-state index contributed by atoms with van der Waals surface area (Å²) in [7, 11) is 0. The first-order valence-corrected chi connectivity index (χ1v) is 7.36. The highest BCUT2D eigenvalue weighted by Crippen LogP contribution is 2.01. The normalized spacial score (nSPS) is 11.5. The molecule has 0 amide bonds. The second-order valence-electron chi connectivity index (χ2n) is 4.57. The minimum Gasteiger partial charge on any atom is -0.248 e. The first-order chi connectivity index (χ1) is 11.2. The van der Waals surface area contributed by atoms with Crippen molar-refractivity contribution in [1.29, 1.82) is 0 Å². The zero-order valence-electron chi connectivity index (χ0n) is 11.4. The molecule has 23 heavy (non-hydrogen) atoms. The summed E-state index contributed by atoms with van der Waals surface area (Å²) in [6.07, 6.45) is 1.90. The molecule has 0 aromatic carbocycles. The maximum Gasteiger partial charge on any atom is 0.289 e. The Morgan fingerprint density at radius 3 is 1.70 bits per heavy atom. The Hall–Kier alpha value is -2.74. The van der Waals surface area contributed by atoms with E-state index in [9.17, 15) is 0 Å². The zero-order valence-corrected chi connectivity index (χ0v) is 13.0. The first-order valence-electron chi connectivity index (χ1n) is 6.55. The van der Waals surface area contributed by atoms with Crippen molar-refractivity contribution in [3.8, 4) is 0 Å². The van der Waals surface area contributed by atoms with Crippen LogP contribution in [0, 0.1) is 9.54 Å². The summed E-state index contributed by atoms with van der Waals surface area (Å²) >= 11 is 10.1. The van der Waals surface area contributed by atoms with Crippen LogP contribution in [-0.4, -0.2) is 60.0 Å². The van der Waals surface area contributed by atoms with Gasteiger partial charge in [-0.2, -0.15) is 9.03 Å². The van der Waals surface area contributed by atoms with E-state index in [1.54, 1.807) is 0 Å². The van der Waals surface area contributed by atoms with Crippen LogP contribution in [0.25, 0.3) is 11.6 Å². The van der Waals surface area contributed by atoms with Gasteiger partial charge in [0.05, 0.1) is 0 Å². The van der Waals surface area contributed by atoms with E-state index < -0.39 is 0 Å². The maximum atomic E-state index is 5.05. The molecule has 14 heteroatoms. The molecule has 0 saturated heterocycles. The largest absolute Gasteiger partial charge is 0.289 e. The lowest BCUT2D eigenvalue weighted by Gasteiger charge is -1.99. The Bertz CT molecular complexity index is 1010. The second-order valence-corrected chi connectivity index (χ2v) is 5.34. The molecular weight excluding hydrogens is 340 g/mol. The van der Waals surface area contributed by atoms with Crippen LogP contribution in [-0.2, 0) is 12.8 Å². The number of rotatable bonds is 4. The number of hydrogen-bond donors (Lipinski definition) is 2. The third-order valence-electron chi connectivity index (χ3n) is 3.01. The number of aromatic amines is 2. The van der Waals surface area contributed by atoms with E-state index >= 15 is 0 Å². The number of nitrogens with zero attached hydrogens (tertiary/aromatic N) is 10. The molecule has 12 nitrogen and oxygen atoms in total. The number of hydrogen-bond acceptors (Lipinski definition) is 10. The fourth-order valence-corrected chi connectivity index (χ4v) is 2.29. The minimum absolute atomic E-state index is 0.339. The highest BCUT2D eigenvalue weighted by Gasteiger charge is 2.07. The van der Waals surface area contributed by atoms with Crippen molar-refractivity contribution < 1.29 is 0 Å².